The van der Waals surface area contributed by atoms with Gasteiger partial charge in [-0.05, 0) is 60.8 Å². The lowest BCUT2D eigenvalue weighted by Gasteiger charge is -2.17. The normalized spacial score (nSPS) is 10.3. The molecule has 5 heteroatoms. The Bertz CT molecular complexity index is 396. The molecule has 0 bridgehead atoms. The van der Waals surface area contributed by atoms with Crippen LogP contribution in [0.4, 0.5) is 0 Å². The molecule has 17 heavy (non-hydrogen) atoms. The molecule has 0 aliphatic carbocycles. The fraction of sp³-hybridized carbons (Fsp3) is 0.417. The van der Waals surface area contributed by atoms with Crippen molar-refractivity contribution in [2.75, 3.05) is 27.2 Å². The summed E-state index contributed by atoms with van der Waals surface area (Å²) in [5.41, 5.74) is 0.365. The van der Waals surface area contributed by atoms with Crippen molar-refractivity contribution in [1.82, 2.24) is 10.2 Å². The van der Waals surface area contributed by atoms with E-state index in [0.717, 1.165) is 16.5 Å². The monoisotopic (exact) mass is 348 g/mol. The minimum absolute atomic E-state index is 0.0379. The number of phenolic OH excluding ortho intramolecular Hbond substituents is 1. The van der Waals surface area contributed by atoms with E-state index in [2.05, 4.69) is 27.9 Å². The first kappa shape index (κ1) is 14.2. The average molecular weight is 348 g/mol. The number of amides is 1. The summed E-state index contributed by atoms with van der Waals surface area (Å²) in [6.07, 6.45) is 0.892. The summed E-state index contributed by atoms with van der Waals surface area (Å²) in [4.78, 5) is 13.7. The zero-order valence-electron chi connectivity index (χ0n) is 10.0. The molecule has 2 N–H and O–H groups in total. The Balaban J connectivity index is 2.71. The summed E-state index contributed by atoms with van der Waals surface area (Å²) < 4.78 is 0.937. The minimum atomic E-state index is -0.142. The number of carbonyl (C=O) groups is 1. The van der Waals surface area contributed by atoms with E-state index in [4.69, 9.17) is 0 Å². The Hall–Kier alpha value is -0.820. The summed E-state index contributed by atoms with van der Waals surface area (Å²) >= 11 is 2.12. The highest BCUT2D eigenvalue weighted by molar-refractivity contribution is 14.1. The zero-order chi connectivity index (χ0) is 12.8. The van der Waals surface area contributed by atoms with Gasteiger partial charge in [-0.1, -0.05) is 0 Å². The highest BCUT2D eigenvalue weighted by Gasteiger charge is 2.15. The zero-order valence-corrected chi connectivity index (χ0v) is 12.2. The van der Waals surface area contributed by atoms with Crippen LogP contribution < -0.4 is 5.32 Å². The number of phenols is 1. The fourth-order valence-corrected chi connectivity index (χ4v) is 1.97. The van der Waals surface area contributed by atoms with Gasteiger partial charge in [-0.2, -0.15) is 0 Å². The predicted molar refractivity (Wildman–Crippen MR) is 76.3 cm³/mol. The number of carbonyl (C=O) groups excluding carboxylic acids is 1. The summed E-state index contributed by atoms with van der Waals surface area (Å²) in [6.45, 7) is 1.54. The van der Waals surface area contributed by atoms with Crippen LogP contribution in [-0.4, -0.2) is 43.1 Å². The van der Waals surface area contributed by atoms with Crippen LogP contribution in [0.5, 0.6) is 5.75 Å². The van der Waals surface area contributed by atoms with Crippen LogP contribution in [0.3, 0.4) is 0 Å². The van der Waals surface area contributed by atoms with E-state index in [1.165, 1.54) is 0 Å². The number of aromatic hydroxyl groups is 1. The lowest BCUT2D eigenvalue weighted by molar-refractivity contribution is 0.0790. The number of nitrogens with zero attached hydrogens (tertiary/aromatic N) is 1. The van der Waals surface area contributed by atoms with Gasteiger partial charge < -0.3 is 15.3 Å². The van der Waals surface area contributed by atoms with Gasteiger partial charge in [-0.15, -0.1) is 0 Å². The second kappa shape index (κ2) is 6.80. The van der Waals surface area contributed by atoms with E-state index in [1.54, 1.807) is 30.1 Å². The SMILES string of the molecule is CNCCCN(C)C(=O)c1cc(I)ccc1O. The van der Waals surface area contributed by atoms with Gasteiger partial charge in [0, 0.05) is 17.2 Å². The van der Waals surface area contributed by atoms with Crippen LogP contribution in [0.15, 0.2) is 18.2 Å². The topological polar surface area (TPSA) is 52.6 Å². The predicted octanol–water partition coefficient (Wildman–Crippen LogP) is 1.68. The second-order valence-corrected chi connectivity index (χ2v) is 5.09. The van der Waals surface area contributed by atoms with E-state index in [9.17, 15) is 9.90 Å². The summed E-state index contributed by atoms with van der Waals surface area (Å²) in [5, 5.41) is 12.7. The van der Waals surface area contributed by atoms with Gasteiger partial charge in [0.1, 0.15) is 5.75 Å². The number of nitrogens with one attached hydrogen (secondary N) is 1. The molecule has 0 aliphatic heterocycles. The molecule has 0 heterocycles. The van der Waals surface area contributed by atoms with Gasteiger partial charge in [0.25, 0.3) is 5.91 Å². The average Bonchev–Trinajstić information content (AvgIpc) is 2.31. The smallest absolute Gasteiger partial charge is 0.257 e. The molecule has 0 saturated carbocycles. The van der Waals surface area contributed by atoms with E-state index in [-0.39, 0.29) is 11.7 Å². The maximum atomic E-state index is 12.1. The van der Waals surface area contributed by atoms with Crippen molar-refractivity contribution in [3.8, 4) is 5.75 Å². The number of rotatable bonds is 5. The highest BCUT2D eigenvalue weighted by atomic mass is 127. The molecule has 0 radical (unpaired) electrons. The number of hydrogen-bond donors (Lipinski definition) is 2. The molecule has 0 aromatic heterocycles. The molecule has 0 atom stereocenters. The molecule has 1 aromatic rings. The number of benzene rings is 1. The van der Waals surface area contributed by atoms with Crippen LogP contribution in [-0.2, 0) is 0 Å². The van der Waals surface area contributed by atoms with Gasteiger partial charge in [0.05, 0.1) is 5.56 Å². The van der Waals surface area contributed by atoms with Crippen LogP contribution in [0.2, 0.25) is 0 Å². The number of halogens is 1. The molecule has 1 rings (SSSR count). The molecular formula is C12H17IN2O2. The largest absolute Gasteiger partial charge is 0.507 e. The van der Waals surface area contributed by atoms with Crippen molar-refractivity contribution < 1.29 is 9.90 Å². The number of hydrogen-bond acceptors (Lipinski definition) is 3. The van der Waals surface area contributed by atoms with Gasteiger partial charge in [-0.25, -0.2) is 0 Å². The Labute approximate surface area is 115 Å². The van der Waals surface area contributed by atoms with Gasteiger partial charge in [0.2, 0.25) is 0 Å². The van der Waals surface area contributed by atoms with Crippen LogP contribution >= 0.6 is 22.6 Å². The second-order valence-electron chi connectivity index (χ2n) is 3.85. The Morgan fingerprint density at radius 2 is 2.24 bits per heavy atom. The first-order valence-corrected chi connectivity index (χ1v) is 6.52. The Morgan fingerprint density at radius 3 is 2.88 bits per heavy atom. The van der Waals surface area contributed by atoms with E-state index in [1.807, 2.05) is 7.05 Å². The van der Waals surface area contributed by atoms with Crippen molar-refractivity contribution >= 4 is 28.5 Å². The van der Waals surface area contributed by atoms with Gasteiger partial charge in [0.15, 0.2) is 0 Å². The first-order chi connectivity index (χ1) is 8.06. The standard InChI is InChI=1S/C12H17IN2O2/c1-14-6-3-7-15(2)12(17)10-8-9(13)4-5-11(10)16/h4-5,8,14,16H,3,6-7H2,1-2H3. The molecule has 1 amide bonds. The molecule has 0 unspecified atom stereocenters. The quantitative estimate of drug-likeness (QED) is 0.629. The maximum absolute atomic E-state index is 12.1. The molecule has 0 saturated heterocycles. The van der Waals surface area contributed by atoms with E-state index < -0.39 is 0 Å². The van der Waals surface area contributed by atoms with Crippen molar-refractivity contribution in [1.29, 1.82) is 0 Å². The summed E-state index contributed by atoms with van der Waals surface area (Å²) in [6, 6.07) is 5.02. The molecule has 1 aromatic carbocycles. The molecule has 4 nitrogen and oxygen atoms in total. The lowest BCUT2D eigenvalue weighted by Crippen LogP contribution is -2.29. The van der Waals surface area contributed by atoms with E-state index >= 15 is 0 Å². The molecule has 0 fully saturated rings. The third kappa shape index (κ3) is 4.16. The molecule has 0 spiro atoms. The summed E-state index contributed by atoms with van der Waals surface area (Å²) in [5.74, 6) is -0.104. The molecule has 94 valence electrons. The van der Waals surface area contributed by atoms with Crippen molar-refractivity contribution in [2.24, 2.45) is 0 Å². The van der Waals surface area contributed by atoms with Crippen molar-refractivity contribution in [3.63, 3.8) is 0 Å². The third-order valence-corrected chi connectivity index (χ3v) is 3.13. The van der Waals surface area contributed by atoms with Gasteiger partial charge >= 0.3 is 0 Å². The molecular weight excluding hydrogens is 331 g/mol. The van der Waals surface area contributed by atoms with Crippen LogP contribution in [0.25, 0.3) is 0 Å². The van der Waals surface area contributed by atoms with Crippen molar-refractivity contribution in [2.45, 2.75) is 6.42 Å². The lowest BCUT2D eigenvalue weighted by atomic mass is 10.2. The van der Waals surface area contributed by atoms with Crippen LogP contribution in [0, 0.1) is 3.57 Å². The van der Waals surface area contributed by atoms with Crippen LogP contribution in [0.1, 0.15) is 16.8 Å². The Morgan fingerprint density at radius 1 is 1.53 bits per heavy atom. The summed E-state index contributed by atoms with van der Waals surface area (Å²) in [7, 11) is 3.63. The Kier molecular flexibility index (Phi) is 5.70. The highest BCUT2D eigenvalue weighted by Crippen LogP contribution is 2.20. The maximum Gasteiger partial charge on any atom is 0.257 e. The minimum Gasteiger partial charge on any atom is -0.507 e. The van der Waals surface area contributed by atoms with E-state index in [0.29, 0.717) is 12.1 Å². The molecule has 0 aliphatic rings. The first-order valence-electron chi connectivity index (χ1n) is 5.45. The van der Waals surface area contributed by atoms with Crippen molar-refractivity contribution in [3.05, 3.63) is 27.3 Å². The third-order valence-electron chi connectivity index (χ3n) is 2.46. The fourth-order valence-electron chi connectivity index (χ4n) is 1.48. The van der Waals surface area contributed by atoms with Gasteiger partial charge in [-0.3, -0.25) is 4.79 Å².